The Morgan fingerprint density at radius 2 is 1.81 bits per heavy atom. The monoisotopic (exact) mass is 416 g/mol. The largest absolute Gasteiger partial charge is 0.369 e. The molecule has 0 spiro atoms. The minimum atomic E-state index is -0.266. The second-order valence-corrected chi connectivity index (χ2v) is 7.16. The third kappa shape index (κ3) is 2.53. The molecule has 4 rings (SSSR count). The van der Waals surface area contributed by atoms with Crippen LogP contribution in [0.1, 0.15) is 21.5 Å². The van der Waals surface area contributed by atoms with Crippen LogP contribution in [-0.2, 0) is 6.54 Å². The van der Waals surface area contributed by atoms with E-state index in [-0.39, 0.29) is 42.7 Å². The molecular weight excluding hydrogens is 407 g/mol. The molecule has 5 nitrogen and oxygen atoms in total. The minimum absolute atomic E-state index is 0.00560. The van der Waals surface area contributed by atoms with Crippen LogP contribution in [0.5, 0.6) is 0 Å². The third-order valence-corrected chi connectivity index (χ3v) is 5.82. The molecule has 2 aromatic carbocycles. The molecule has 2 N–H and O–H groups in total. The standard InChI is InChI=1S/C19H11Cl3N4O/c20-14-10(8-23)15(21)16(22)11-12(14)18(24)26-7-6-25-19(26)13(11)17(27)9-4-2-1-3-5-9/h1-5,24-25H,6-7H2. The van der Waals surface area contributed by atoms with Crippen molar-refractivity contribution in [3.8, 4) is 6.07 Å². The topological polar surface area (TPSA) is 81.7 Å². The van der Waals surface area contributed by atoms with Crippen molar-refractivity contribution in [3.63, 3.8) is 0 Å². The molecule has 0 bridgehead atoms. The summed E-state index contributed by atoms with van der Waals surface area (Å²) in [7, 11) is 0. The number of carbonyl (C=O) groups excluding carboxylic acids is 1. The van der Waals surface area contributed by atoms with Crippen molar-refractivity contribution in [1.29, 1.82) is 10.7 Å². The van der Waals surface area contributed by atoms with Gasteiger partial charge in [0.05, 0.1) is 26.2 Å². The average Bonchev–Trinajstić information content (AvgIpc) is 3.17. The van der Waals surface area contributed by atoms with E-state index in [1.54, 1.807) is 28.8 Å². The average molecular weight is 418 g/mol. The quantitative estimate of drug-likeness (QED) is 0.472. The van der Waals surface area contributed by atoms with Gasteiger partial charge >= 0.3 is 0 Å². The predicted molar refractivity (Wildman–Crippen MR) is 106 cm³/mol. The number of carbonyl (C=O) groups is 1. The van der Waals surface area contributed by atoms with Crippen molar-refractivity contribution in [2.45, 2.75) is 6.54 Å². The van der Waals surface area contributed by atoms with Gasteiger partial charge in [0.1, 0.15) is 17.4 Å². The van der Waals surface area contributed by atoms with Crippen LogP contribution in [0.3, 0.4) is 0 Å². The maximum atomic E-state index is 13.3. The summed E-state index contributed by atoms with van der Waals surface area (Å²) in [6, 6.07) is 10.7. The molecule has 0 saturated carbocycles. The zero-order valence-electron chi connectivity index (χ0n) is 13.7. The molecule has 0 atom stereocenters. The lowest BCUT2D eigenvalue weighted by molar-refractivity contribution is 0.104. The fraction of sp³-hybridized carbons (Fsp3) is 0.105. The van der Waals surface area contributed by atoms with E-state index in [0.717, 1.165) is 0 Å². The number of rotatable bonds is 2. The zero-order chi connectivity index (χ0) is 19.3. The number of pyridine rings is 1. The van der Waals surface area contributed by atoms with E-state index in [1.165, 1.54) is 0 Å². The fourth-order valence-corrected chi connectivity index (χ4v) is 4.25. The molecule has 134 valence electrons. The molecule has 0 aliphatic carbocycles. The highest BCUT2D eigenvalue weighted by Gasteiger charge is 2.29. The molecular formula is C19H11Cl3N4O. The SMILES string of the molecule is N#Cc1c(Cl)c(Cl)c2c(C(=O)c3ccccc3)c3n(c(=N)c2c1Cl)CCN3. The lowest BCUT2D eigenvalue weighted by atomic mass is 9.96. The van der Waals surface area contributed by atoms with Gasteiger partial charge in [0, 0.05) is 29.4 Å². The van der Waals surface area contributed by atoms with Crippen LogP contribution in [0, 0.1) is 16.7 Å². The number of benzene rings is 2. The van der Waals surface area contributed by atoms with E-state index >= 15 is 0 Å². The van der Waals surface area contributed by atoms with Gasteiger partial charge in [0.2, 0.25) is 0 Å². The predicted octanol–water partition coefficient (Wildman–Crippen LogP) is 4.61. The van der Waals surface area contributed by atoms with Gasteiger partial charge in [-0.2, -0.15) is 5.26 Å². The van der Waals surface area contributed by atoms with Crippen LogP contribution in [-0.4, -0.2) is 16.9 Å². The van der Waals surface area contributed by atoms with Gasteiger partial charge in [-0.05, 0) is 0 Å². The first-order valence-corrected chi connectivity index (χ1v) is 9.16. The highest BCUT2D eigenvalue weighted by molar-refractivity contribution is 6.50. The number of ketones is 1. The van der Waals surface area contributed by atoms with Crippen molar-refractivity contribution >= 4 is 57.2 Å². The van der Waals surface area contributed by atoms with Gasteiger partial charge in [0.15, 0.2) is 5.78 Å². The first kappa shape index (κ1) is 17.9. The molecule has 0 amide bonds. The normalized spacial score (nSPS) is 12.5. The number of nitrogens with zero attached hydrogens (tertiary/aromatic N) is 2. The van der Waals surface area contributed by atoms with Gasteiger partial charge in [-0.25, -0.2) is 0 Å². The van der Waals surface area contributed by atoms with Crippen LogP contribution < -0.4 is 10.8 Å². The first-order valence-electron chi connectivity index (χ1n) is 8.02. The molecule has 3 aromatic rings. The number of nitriles is 1. The molecule has 1 aliphatic heterocycles. The summed E-state index contributed by atoms with van der Waals surface area (Å²) >= 11 is 19.2. The van der Waals surface area contributed by atoms with Crippen molar-refractivity contribution in [2.75, 3.05) is 11.9 Å². The van der Waals surface area contributed by atoms with Gasteiger partial charge in [-0.15, -0.1) is 0 Å². The Labute approximate surface area is 169 Å². The highest BCUT2D eigenvalue weighted by Crippen LogP contribution is 2.42. The van der Waals surface area contributed by atoms with Gasteiger partial charge in [-0.1, -0.05) is 65.1 Å². The van der Waals surface area contributed by atoms with Crippen LogP contribution in [0.4, 0.5) is 5.82 Å². The summed E-state index contributed by atoms with van der Waals surface area (Å²) in [4.78, 5) is 13.3. The highest BCUT2D eigenvalue weighted by atomic mass is 35.5. The summed E-state index contributed by atoms with van der Waals surface area (Å²) < 4.78 is 1.66. The second kappa shape index (κ2) is 6.58. The number of hydrogen-bond donors (Lipinski definition) is 2. The smallest absolute Gasteiger partial charge is 0.197 e. The zero-order valence-corrected chi connectivity index (χ0v) is 16.0. The summed E-state index contributed by atoms with van der Waals surface area (Å²) in [5.41, 5.74) is 0.840. The van der Waals surface area contributed by atoms with E-state index in [1.807, 2.05) is 12.1 Å². The Balaban J connectivity index is 2.23. The van der Waals surface area contributed by atoms with E-state index in [0.29, 0.717) is 30.0 Å². The molecule has 0 radical (unpaired) electrons. The van der Waals surface area contributed by atoms with Crippen LogP contribution in [0.25, 0.3) is 10.8 Å². The van der Waals surface area contributed by atoms with Crippen molar-refractivity contribution < 1.29 is 4.79 Å². The molecule has 1 aromatic heterocycles. The van der Waals surface area contributed by atoms with Gasteiger partial charge in [0.25, 0.3) is 0 Å². The third-order valence-electron chi connectivity index (χ3n) is 4.59. The molecule has 0 fully saturated rings. The van der Waals surface area contributed by atoms with Crippen LogP contribution >= 0.6 is 34.8 Å². The summed E-state index contributed by atoms with van der Waals surface area (Å²) in [5.74, 6) is 0.234. The second-order valence-electron chi connectivity index (χ2n) is 6.02. The van der Waals surface area contributed by atoms with E-state index in [9.17, 15) is 10.1 Å². The molecule has 0 saturated heterocycles. The molecule has 8 heteroatoms. The maximum Gasteiger partial charge on any atom is 0.197 e. The summed E-state index contributed by atoms with van der Waals surface area (Å²) in [5, 5.41) is 21.7. The molecule has 0 unspecified atom stereocenters. The number of aromatic nitrogens is 1. The number of anilines is 1. The number of hydrogen-bond acceptors (Lipinski definition) is 4. The Morgan fingerprint density at radius 1 is 1.11 bits per heavy atom. The van der Waals surface area contributed by atoms with Crippen molar-refractivity contribution in [2.24, 2.45) is 0 Å². The van der Waals surface area contributed by atoms with E-state index in [4.69, 9.17) is 40.2 Å². The van der Waals surface area contributed by atoms with Crippen LogP contribution in [0.15, 0.2) is 30.3 Å². The Morgan fingerprint density at radius 3 is 2.48 bits per heavy atom. The number of nitrogens with one attached hydrogen (secondary N) is 2. The van der Waals surface area contributed by atoms with Crippen molar-refractivity contribution in [3.05, 3.63) is 67.6 Å². The summed E-state index contributed by atoms with van der Waals surface area (Å²) in [6.07, 6.45) is 0. The lowest BCUT2D eigenvalue weighted by Gasteiger charge is -2.17. The lowest BCUT2D eigenvalue weighted by Crippen LogP contribution is -2.22. The van der Waals surface area contributed by atoms with Gasteiger partial charge in [-0.3, -0.25) is 10.2 Å². The first-order chi connectivity index (χ1) is 13.0. The molecule has 27 heavy (non-hydrogen) atoms. The Hall–Kier alpha value is -2.52. The molecule has 1 aliphatic rings. The maximum absolute atomic E-state index is 13.3. The van der Waals surface area contributed by atoms with Gasteiger partial charge < -0.3 is 9.88 Å². The van der Waals surface area contributed by atoms with E-state index in [2.05, 4.69) is 5.32 Å². The van der Waals surface area contributed by atoms with Crippen LogP contribution in [0.2, 0.25) is 15.1 Å². The number of halogens is 3. The van der Waals surface area contributed by atoms with Crippen molar-refractivity contribution in [1.82, 2.24) is 4.57 Å². The Bertz CT molecular complexity index is 1230. The van der Waals surface area contributed by atoms with E-state index < -0.39 is 0 Å². The Kier molecular flexibility index (Phi) is 4.35. The fourth-order valence-electron chi connectivity index (χ4n) is 3.36. The summed E-state index contributed by atoms with van der Waals surface area (Å²) in [6.45, 7) is 1.06. The molecule has 2 heterocycles. The minimum Gasteiger partial charge on any atom is -0.369 e. The number of fused-ring (bicyclic) bond motifs is 2.